The first kappa shape index (κ1) is 22.5. The van der Waals surface area contributed by atoms with Crippen LogP contribution in [0.2, 0.25) is 10.0 Å². The summed E-state index contributed by atoms with van der Waals surface area (Å²) in [6, 6.07) is 8.99. The lowest BCUT2D eigenvalue weighted by atomic mass is 10.2. The summed E-state index contributed by atoms with van der Waals surface area (Å²) < 4.78 is 5.53. The predicted octanol–water partition coefficient (Wildman–Crippen LogP) is 4.64. The highest BCUT2D eigenvalue weighted by atomic mass is 35.5. The molecule has 0 spiro atoms. The molecule has 0 aliphatic rings. The maximum absolute atomic E-state index is 12.2. The van der Waals surface area contributed by atoms with Gasteiger partial charge in [0, 0.05) is 30.3 Å². The van der Waals surface area contributed by atoms with Crippen LogP contribution in [0.4, 0.5) is 17.1 Å². The maximum atomic E-state index is 12.2. The zero-order valence-electron chi connectivity index (χ0n) is 15.7. The number of nitrogens with one attached hydrogen (secondary N) is 2. The van der Waals surface area contributed by atoms with Crippen LogP contribution >= 0.6 is 35.0 Å². The molecule has 160 valence electrons. The standard InChI is InChI=1S/C18H13Cl2N5O5S/c1-9(26)21-11-4-2-10(3-5-11)17-23-24-18(30-17)31-8-15(27)22-16-13(19)6-12(25(28)29)7-14(16)20/h2-7H,8H2,1H3,(H,21,26)(H,22,27). The number of non-ortho nitro benzene ring substituents is 1. The lowest BCUT2D eigenvalue weighted by Crippen LogP contribution is -2.14. The number of nitro groups is 1. The summed E-state index contributed by atoms with van der Waals surface area (Å²) in [5, 5.41) is 23.8. The summed E-state index contributed by atoms with van der Waals surface area (Å²) in [5.41, 5.74) is 1.06. The Bertz CT molecular complexity index is 1130. The molecule has 0 saturated heterocycles. The van der Waals surface area contributed by atoms with E-state index in [1.165, 1.54) is 6.92 Å². The molecule has 0 aliphatic carbocycles. The van der Waals surface area contributed by atoms with Crippen LogP contribution in [0.3, 0.4) is 0 Å². The fraction of sp³-hybridized carbons (Fsp3) is 0.111. The van der Waals surface area contributed by atoms with E-state index < -0.39 is 10.8 Å². The number of amides is 2. The van der Waals surface area contributed by atoms with Crippen molar-refractivity contribution in [3.63, 3.8) is 0 Å². The summed E-state index contributed by atoms with van der Waals surface area (Å²) in [4.78, 5) is 33.4. The molecule has 3 aromatic rings. The van der Waals surface area contributed by atoms with Gasteiger partial charge in [-0.1, -0.05) is 35.0 Å². The number of nitrogens with zero attached hydrogens (tertiary/aromatic N) is 3. The van der Waals surface area contributed by atoms with Crippen molar-refractivity contribution in [3.8, 4) is 11.5 Å². The number of halogens is 2. The molecule has 1 aromatic heterocycles. The van der Waals surface area contributed by atoms with Gasteiger partial charge in [0.1, 0.15) is 0 Å². The van der Waals surface area contributed by atoms with E-state index in [4.69, 9.17) is 27.6 Å². The molecule has 0 atom stereocenters. The van der Waals surface area contributed by atoms with Crippen molar-refractivity contribution >= 4 is 63.8 Å². The second kappa shape index (κ2) is 9.77. The van der Waals surface area contributed by atoms with Gasteiger partial charge in [-0.15, -0.1) is 10.2 Å². The lowest BCUT2D eigenvalue weighted by Gasteiger charge is -2.08. The van der Waals surface area contributed by atoms with Crippen LogP contribution in [0.5, 0.6) is 0 Å². The van der Waals surface area contributed by atoms with Crippen molar-refractivity contribution in [2.45, 2.75) is 12.1 Å². The number of thioether (sulfide) groups is 1. The summed E-state index contributed by atoms with van der Waals surface area (Å²) in [6.07, 6.45) is 0. The Balaban J connectivity index is 1.60. The van der Waals surface area contributed by atoms with Gasteiger partial charge >= 0.3 is 0 Å². The second-order valence-corrected chi connectivity index (χ2v) is 7.75. The van der Waals surface area contributed by atoms with Crippen molar-refractivity contribution in [2.24, 2.45) is 0 Å². The van der Waals surface area contributed by atoms with Gasteiger partial charge in [0.2, 0.25) is 17.7 Å². The number of hydrogen-bond acceptors (Lipinski definition) is 8. The van der Waals surface area contributed by atoms with E-state index in [1.54, 1.807) is 24.3 Å². The van der Waals surface area contributed by atoms with Crippen LogP contribution in [0.15, 0.2) is 46.0 Å². The van der Waals surface area contributed by atoms with E-state index in [9.17, 15) is 19.7 Å². The Labute approximate surface area is 189 Å². The molecule has 2 N–H and O–H groups in total. The highest BCUT2D eigenvalue weighted by Gasteiger charge is 2.17. The molecule has 13 heteroatoms. The maximum Gasteiger partial charge on any atom is 0.277 e. The van der Waals surface area contributed by atoms with E-state index in [2.05, 4.69) is 20.8 Å². The zero-order chi connectivity index (χ0) is 22.5. The van der Waals surface area contributed by atoms with Crippen LogP contribution in [0.25, 0.3) is 11.5 Å². The Morgan fingerprint density at radius 1 is 1.13 bits per heavy atom. The van der Waals surface area contributed by atoms with E-state index in [0.717, 1.165) is 23.9 Å². The molecular formula is C18H13Cl2N5O5S. The third-order valence-electron chi connectivity index (χ3n) is 3.69. The Morgan fingerprint density at radius 2 is 1.77 bits per heavy atom. The Morgan fingerprint density at radius 3 is 2.35 bits per heavy atom. The number of anilines is 2. The topological polar surface area (TPSA) is 140 Å². The highest BCUT2D eigenvalue weighted by Crippen LogP contribution is 2.35. The molecule has 10 nitrogen and oxygen atoms in total. The molecule has 1 heterocycles. The van der Waals surface area contributed by atoms with Crippen LogP contribution in [-0.2, 0) is 9.59 Å². The van der Waals surface area contributed by atoms with Crippen LogP contribution in [0, 0.1) is 10.1 Å². The number of carbonyl (C=O) groups excluding carboxylic acids is 2. The molecule has 2 aromatic carbocycles. The SMILES string of the molecule is CC(=O)Nc1ccc(-c2nnc(SCC(=O)Nc3c(Cl)cc([N+](=O)[O-])cc3Cl)o2)cc1. The average molecular weight is 482 g/mol. The first-order valence-electron chi connectivity index (χ1n) is 8.50. The van der Waals surface area contributed by atoms with E-state index >= 15 is 0 Å². The molecule has 0 fully saturated rings. The van der Waals surface area contributed by atoms with Crippen molar-refractivity contribution in [1.29, 1.82) is 0 Å². The molecule has 3 rings (SSSR count). The van der Waals surface area contributed by atoms with Gasteiger partial charge in [-0.3, -0.25) is 19.7 Å². The molecule has 0 bridgehead atoms. The average Bonchev–Trinajstić information content (AvgIpc) is 3.18. The summed E-state index contributed by atoms with van der Waals surface area (Å²) >= 11 is 12.9. The lowest BCUT2D eigenvalue weighted by molar-refractivity contribution is -0.384. The van der Waals surface area contributed by atoms with Gasteiger partial charge in [-0.05, 0) is 24.3 Å². The minimum Gasteiger partial charge on any atom is -0.411 e. The molecular weight excluding hydrogens is 469 g/mol. The summed E-state index contributed by atoms with van der Waals surface area (Å²) in [7, 11) is 0. The van der Waals surface area contributed by atoms with Crippen LogP contribution in [-0.4, -0.2) is 32.7 Å². The van der Waals surface area contributed by atoms with Crippen molar-refractivity contribution in [1.82, 2.24) is 10.2 Å². The molecule has 2 amide bonds. The predicted molar refractivity (Wildman–Crippen MR) is 117 cm³/mol. The number of aromatic nitrogens is 2. The third-order valence-corrected chi connectivity index (χ3v) is 5.10. The number of nitro benzene ring substituents is 1. The van der Waals surface area contributed by atoms with Crippen LogP contribution < -0.4 is 10.6 Å². The van der Waals surface area contributed by atoms with Crippen molar-refractivity contribution in [2.75, 3.05) is 16.4 Å². The van der Waals surface area contributed by atoms with Gasteiger partial charge < -0.3 is 15.1 Å². The molecule has 0 saturated carbocycles. The van der Waals surface area contributed by atoms with Crippen molar-refractivity contribution < 1.29 is 18.9 Å². The third kappa shape index (κ3) is 5.94. The molecule has 0 aliphatic heterocycles. The van der Waals surface area contributed by atoms with E-state index in [-0.39, 0.29) is 44.2 Å². The summed E-state index contributed by atoms with van der Waals surface area (Å²) in [6.45, 7) is 1.41. The minimum atomic E-state index is -0.639. The van der Waals surface area contributed by atoms with Gasteiger partial charge in [0.05, 0.1) is 26.4 Å². The van der Waals surface area contributed by atoms with Gasteiger partial charge in [0.15, 0.2) is 0 Å². The normalized spacial score (nSPS) is 10.5. The van der Waals surface area contributed by atoms with E-state index in [0.29, 0.717) is 11.3 Å². The minimum absolute atomic E-state index is 0.0552. The Hall–Kier alpha value is -3.15. The smallest absolute Gasteiger partial charge is 0.277 e. The number of carbonyl (C=O) groups is 2. The molecule has 31 heavy (non-hydrogen) atoms. The molecule has 0 unspecified atom stereocenters. The van der Waals surface area contributed by atoms with Crippen molar-refractivity contribution in [3.05, 3.63) is 56.6 Å². The Kier molecular flexibility index (Phi) is 7.10. The molecule has 0 radical (unpaired) electrons. The van der Waals surface area contributed by atoms with Gasteiger partial charge in [-0.25, -0.2) is 0 Å². The fourth-order valence-electron chi connectivity index (χ4n) is 2.37. The monoisotopic (exact) mass is 481 g/mol. The largest absolute Gasteiger partial charge is 0.411 e. The van der Waals surface area contributed by atoms with Gasteiger partial charge in [0.25, 0.3) is 10.9 Å². The zero-order valence-corrected chi connectivity index (χ0v) is 18.0. The first-order chi connectivity index (χ1) is 14.7. The second-order valence-electron chi connectivity index (χ2n) is 6.01. The first-order valence-corrected chi connectivity index (χ1v) is 10.2. The number of hydrogen-bond donors (Lipinski definition) is 2. The quantitative estimate of drug-likeness (QED) is 0.282. The fourth-order valence-corrected chi connectivity index (χ4v) is 3.50. The number of benzene rings is 2. The highest BCUT2D eigenvalue weighted by molar-refractivity contribution is 7.99. The van der Waals surface area contributed by atoms with Gasteiger partial charge in [-0.2, -0.15) is 0 Å². The number of rotatable bonds is 7. The van der Waals surface area contributed by atoms with E-state index in [1.807, 2.05) is 0 Å². The van der Waals surface area contributed by atoms with Crippen LogP contribution in [0.1, 0.15) is 6.92 Å². The summed E-state index contributed by atoms with van der Waals surface area (Å²) in [5.74, 6) is -0.494.